The van der Waals surface area contributed by atoms with Crippen LogP contribution >= 0.6 is 34.8 Å². The molecule has 3 amide bonds. The van der Waals surface area contributed by atoms with Crippen LogP contribution in [0.2, 0.25) is 15.1 Å². The van der Waals surface area contributed by atoms with Gasteiger partial charge < -0.3 is 21.1 Å². The van der Waals surface area contributed by atoms with Crippen LogP contribution in [0.25, 0.3) is 16.6 Å². The molecule has 0 spiro atoms. The number of hydrogen-bond acceptors (Lipinski definition) is 4. The smallest absolute Gasteiger partial charge is 0.405 e. The SMILES string of the molecule is CC(NC(=O)O)c1nc2cccc(Cl)c2c(=O)n1-c1cccc(NC(=O)Nc2c(Cl)cccc2Cl)c1. The second-order valence-corrected chi connectivity index (χ2v) is 8.86. The van der Waals surface area contributed by atoms with E-state index in [-0.39, 0.29) is 32.0 Å². The minimum atomic E-state index is -1.28. The summed E-state index contributed by atoms with van der Waals surface area (Å²) in [4.78, 5) is 42.0. The van der Waals surface area contributed by atoms with Crippen LogP contribution in [0.5, 0.6) is 0 Å². The first kappa shape index (κ1) is 25.3. The lowest BCUT2D eigenvalue weighted by atomic mass is 10.2. The predicted octanol–water partition coefficient (Wildman–Crippen LogP) is 6.32. The van der Waals surface area contributed by atoms with Crippen LogP contribution < -0.4 is 21.5 Å². The van der Waals surface area contributed by atoms with Gasteiger partial charge >= 0.3 is 12.1 Å². The van der Waals surface area contributed by atoms with Crippen molar-refractivity contribution < 1.29 is 14.7 Å². The molecule has 3 aromatic carbocycles. The number of carbonyl (C=O) groups excluding carboxylic acids is 1. The molecule has 184 valence electrons. The van der Waals surface area contributed by atoms with Crippen molar-refractivity contribution in [2.24, 2.45) is 0 Å². The standard InChI is InChI=1S/C24H18Cl3N5O4/c1-12(28-24(35)36)21-30-18-10-4-7-15(25)19(18)22(33)32(21)14-6-2-5-13(11-14)29-23(34)31-20-16(26)8-3-9-17(20)27/h2-12,28H,1H3,(H,35,36)(H2,29,31,34). The van der Waals surface area contributed by atoms with Crippen LogP contribution in [0.3, 0.4) is 0 Å². The number of anilines is 2. The molecule has 0 saturated heterocycles. The van der Waals surface area contributed by atoms with E-state index in [1.54, 1.807) is 61.5 Å². The molecule has 4 N–H and O–H groups in total. The average Bonchev–Trinajstić information content (AvgIpc) is 2.81. The molecule has 1 aromatic heterocycles. The van der Waals surface area contributed by atoms with E-state index in [0.717, 1.165) is 0 Å². The second kappa shape index (κ2) is 10.4. The molecule has 0 aliphatic heterocycles. The Hall–Kier alpha value is -3.79. The van der Waals surface area contributed by atoms with Gasteiger partial charge in [-0.2, -0.15) is 0 Å². The molecule has 0 bridgehead atoms. The summed E-state index contributed by atoms with van der Waals surface area (Å²) < 4.78 is 1.25. The number of nitrogens with one attached hydrogen (secondary N) is 3. The maximum atomic E-state index is 13.5. The number of carbonyl (C=O) groups is 2. The number of halogens is 3. The summed E-state index contributed by atoms with van der Waals surface area (Å²) in [5.41, 5.74) is 0.739. The maximum absolute atomic E-state index is 13.5. The largest absolute Gasteiger partial charge is 0.465 e. The Balaban J connectivity index is 1.76. The monoisotopic (exact) mass is 545 g/mol. The van der Waals surface area contributed by atoms with Gasteiger partial charge in [0, 0.05) is 5.69 Å². The van der Waals surface area contributed by atoms with Crippen LogP contribution in [0.1, 0.15) is 18.8 Å². The molecule has 36 heavy (non-hydrogen) atoms. The van der Waals surface area contributed by atoms with Crippen molar-refractivity contribution in [3.8, 4) is 5.69 Å². The highest BCUT2D eigenvalue weighted by atomic mass is 35.5. The van der Waals surface area contributed by atoms with Gasteiger partial charge in [-0.05, 0) is 49.4 Å². The first-order valence-electron chi connectivity index (χ1n) is 10.5. The number of aromatic nitrogens is 2. The van der Waals surface area contributed by atoms with Gasteiger partial charge in [-0.3, -0.25) is 9.36 Å². The lowest BCUT2D eigenvalue weighted by molar-refractivity contribution is 0.190. The molecule has 0 radical (unpaired) electrons. The Morgan fingerprint density at radius 2 is 1.58 bits per heavy atom. The summed E-state index contributed by atoms with van der Waals surface area (Å²) in [6.07, 6.45) is -1.28. The van der Waals surface area contributed by atoms with Crippen molar-refractivity contribution in [2.45, 2.75) is 13.0 Å². The third kappa shape index (κ3) is 5.23. The summed E-state index contributed by atoms with van der Waals surface area (Å²) in [6.45, 7) is 1.56. The van der Waals surface area contributed by atoms with Crippen molar-refractivity contribution in [1.29, 1.82) is 0 Å². The quantitative estimate of drug-likeness (QED) is 0.233. The van der Waals surface area contributed by atoms with Crippen molar-refractivity contribution >= 4 is 69.2 Å². The van der Waals surface area contributed by atoms with Crippen molar-refractivity contribution in [1.82, 2.24) is 14.9 Å². The number of amides is 3. The van der Waals surface area contributed by atoms with E-state index >= 15 is 0 Å². The van der Waals surface area contributed by atoms with Crippen molar-refractivity contribution in [3.05, 3.63) is 91.9 Å². The summed E-state index contributed by atoms with van der Waals surface area (Å²) in [5.74, 6) is 0.140. The zero-order valence-corrected chi connectivity index (χ0v) is 20.8. The lowest BCUT2D eigenvalue weighted by Crippen LogP contribution is -2.32. The zero-order valence-electron chi connectivity index (χ0n) is 18.6. The predicted molar refractivity (Wildman–Crippen MR) is 141 cm³/mol. The zero-order chi connectivity index (χ0) is 26.0. The number of rotatable bonds is 5. The van der Waals surface area contributed by atoms with E-state index in [1.807, 2.05) is 0 Å². The number of hydrogen-bond donors (Lipinski definition) is 4. The van der Waals surface area contributed by atoms with Crippen LogP contribution in [-0.2, 0) is 0 Å². The molecule has 0 aliphatic rings. The fraction of sp³-hybridized carbons (Fsp3) is 0.0833. The Kier molecular flexibility index (Phi) is 7.35. The first-order chi connectivity index (χ1) is 17.2. The lowest BCUT2D eigenvalue weighted by Gasteiger charge is -2.19. The Labute approximate surface area is 219 Å². The molecular formula is C24H18Cl3N5O4. The molecule has 4 aromatic rings. The third-order valence-electron chi connectivity index (χ3n) is 5.16. The highest BCUT2D eigenvalue weighted by molar-refractivity contribution is 6.39. The van der Waals surface area contributed by atoms with Gasteiger partial charge in [0.15, 0.2) is 0 Å². The van der Waals surface area contributed by atoms with Gasteiger partial charge in [-0.15, -0.1) is 0 Å². The van der Waals surface area contributed by atoms with E-state index in [1.165, 1.54) is 10.6 Å². The Morgan fingerprint density at radius 3 is 2.28 bits per heavy atom. The van der Waals surface area contributed by atoms with E-state index in [4.69, 9.17) is 34.8 Å². The topological polar surface area (TPSA) is 125 Å². The molecule has 1 atom stereocenters. The van der Waals surface area contributed by atoms with E-state index in [9.17, 15) is 19.5 Å². The second-order valence-electron chi connectivity index (χ2n) is 7.64. The van der Waals surface area contributed by atoms with Crippen LogP contribution in [0, 0.1) is 0 Å². The average molecular weight is 547 g/mol. The molecule has 0 fully saturated rings. The molecule has 0 aliphatic carbocycles. The fourth-order valence-electron chi connectivity index (χ4n) is 3.61. The van der Waals surface area contributed by atoms with E-state index in [2.05, 4.69) is 20.9 Å². The van der Waals surface area contributed by atoms with Gasteiger partial charge in [0.2, 0.25) is 0 Å². The van der Waals surface area contributed by atoms with Crippen LogP contribution in [-0.4, -0.2) is 26.8 Å². The number of nitrogens with zero attached hydrogens (tertiary/aromatic N) is 2. The first-order valence-corrected chi connectivity index (χ1v) is 11.6. The van der Waals surface area contributed by atoms with E-state index < -0.39 is 23.7 Å². The number of urea groups is 1. The van der Waals surface area contributed by atoms with Crippen LogP contribution in [0.15, 0.2) is 65.5 Å². The number of benzene rings is 3. The highest BCUT2D eigenvalue weighted by Crippen LogP contribution is 2.30. The van der Waals surface area contributed by atoms with Crippen LogP contribution in [0.4, 0.5) is 21.0 Å². The van der Waals surface area contributed by atoms with Gasteiger partial charge in [0.05, 0.1) is 43.4 Å². The highest BCUT2D eigenvalue weighted by Gasteiger charge is 2.21. The van der Waals surface area contributed by atoms with Gasteiger partial charge in [-0.25, -0.2) is 14.6 Å². The summed E-state index contributed by atoms with van der Waals surface area (Å²) in [5, 5.41) is 17.7. The normalized spacial score (nSPS) is 11.7. The number of para-hydroxylation sites is 1. The summed E-state index contributed by atoms with van der Waals surface area (Å²) >= 11 is 18.5. The Morgan fingerprint density at radius 1 is 0.944 bits per heavy atom. The van der Waals surface area contributed by atoms with E-state index in [0.29, 0.717) is 16.9 Å². The van der Waals surface area contributed by atoms with Gasteiger partial charge in [0.25, 0.3) is 5.56 Å². The number of fused-ring (bicyclic) bond motifs is 1. The van der Waals surface area contributed by atoms with Gasteiger partial charge in [-0.1, -0.05) is 53.0 Å². The number of carboxylic acid groups (broad SMARTS) is 1. The summed E-state index contributed by atoms with van der Waals surface area (Å²) in [6, 6.07) is 14.6. The molecule has 0 saturated carbocycles. The third-order valence-corrected chi connectivity index (χ3v) is 6.11. The molecule has 1 unspecified atom stereocenters. The molecular weight excluding hydrogens is 529 g/mol. The fourth-order valence-corrected chi connectivity index (χ4v) is 4.35. The minimum Gasteiger partial charge on any atom is -0.465 e. The Bertz CT molecular complexity index is 1540. The molecule has 12 heteroatoms. The molecule has 9 nitrogen and oxygen atoms in total. The summed E-state index contributed by atoms with van der Waals surface area (Å²) in [7, 11) is 0. The van der Waals surface area contributed by atoms with Crippen molar-refractivity contribution in [3.63, 3.8) is 0 Å². The van der Waals surface area contributed by atoms with Gasteiger partial charge in [0.1, 0.15) is 5.82 Å². The maximum Gasteiger partial charge on any atom is 0.405 e. The van der Waals surface area contributed by atoms with Crippen molar-refractivity contribution in [2.75, 3.05) is 10.6 Å². The molecule has 4 rings (SSSR count). The molecule has 1 heterocycles. The minimum absolute atomic E-state index is 0.140.